The molecular weight excluding hydrogens is 316 g/mol. The topological polar surface area (TPSA) is 49.8 Å². The fourth-order valence-corrected chi connectivity index (χ4v) is 1.86. The van der Waals surface area contributed by atoms with Gasteiger partial charge < -0.3 is 10.6 Å². The Morgan fingerprint density at radius 2 is 2.00 bits per heavy atom. The van der Waals surface area contributed by atoms with E-state index in [0.29, 0.717) is 12.5 Å². The molecule has 1 heterocycles. The highest BCUT2D eigenvalue weighted by Gasteiger charge is 2.03. The molecule has 0 aliphatic heterocycles. The molecule has 0 atom stereocenters. The predicted octanol–water partition coefficient (Wildman–Crippen LogP) is 3.55. The van der Waals surface area contributed by atoms with Crippen LogP contribution in [0, 0.1) is 0 Å². The summed E-state index contributed by atoms with van der Waals surface area (Å²) in [4.78, 5) is 8.41. The lowest BCUT2D eigenvalue weighted by molar-refractivity contribution is 1.07. The zero-order valence-electron chi connectivity index (χ0n) is 9.74. The summed E-state index contributed by atoms with van der Waals surface area (Å²) in [5.74, 6) is 1.33. The molecule has 0 bridgehead atoms. The molecule has 0 radical (unpaired) electrons. The molecule has 6 heteroatoms. The second kappa shape index (κ2) is 6.02. The molecule has 18 heavy (non-hydrogen) atoms. The van der Waals surface area contributed by atoms with Crippen LogP contribution in [0.3, 0.4) is 0 Å². The first kappa shape index (κ1) is 13.1. The fraction of sp³-hybridized carbons (Fsp3) is 0.167. The van der Waals surface area contributed by atoms with Crippen LogP contribution in [-0.4, -0.2) is 17.0 Å². The minimum Gasteiger partial charge on any atom is -0.365 e. The molecule has 0 saturated carbocycles. The predicted molar refractivity (Wildman–Crippen MR) is 78.1 cm³/mol. The third kappa shape index (κ3) is 3.34. The summed E-state index contributed by atoms with van der Waals surface area (Å²) in [6, 6.07) is 7.69. The summed E-state index contributed by atoms with van der Waals surface area (Å²) in [6.07, 6.45) is 1.71. The van der Waals surface area contributed by atoms with Gasteiger partial charge in [0.15, 0.2) is 0 Å². The minimum absolute atomic E-state index is 0.580. The zero-order chi connectivity index (χ0) is 13.0. The van der Waals surface area contributed by atoms with Crippen molar-refractivity contribution in [2.45, 2.75) is 6.54 Å². The van der Waals surface area contributed by atoms with Crippen molar-refractivity contribution in [2.75, 3.05) is 17.7 Å². The van der Waals surface area contributed by atoms with Crippen LogP contribution < -0.4 is 10.6 Å². The van der Waals surface area contributed by atoms with Crippen molar-refractivity contribution in [2.24, 2.45) is 0 Å². The molecule has 94 valence electrons. The number of nitrogens with zero attached hydrogens (tertiary/aromatic N) is 2. The highest BCUT2D eigenvalue weighted by molar-refractivity contribution is 9.10. The Bertz CT molecular complexity index is 530. The van der Waals surface area contributed by atoms with Gasteiger partial charge in [-0.25, -0.2) is 4.98 Å². The van der Waals surface area contributed by atoms with Crippen molar-refractivity contribution in [1.82, 2.24) is 9.97 Å². The zero-order valence-corrected chi connectivity index (χ0v) is 12.1. The smallest absolute Gasteiger partial charge is 0.224 e. The second-order valence-electron chi connectivity index (χ2n) is 3.62. The molecule has 2 aromatic rings. The Balaban J connectivity index is 2.07. The van der Waals surface area contributed by atoms with Gasteiger partial charge in [0.2, 0.25) is 5.95 Å². The Kier molecular flexibility index (Phi) is 4.38. The maximum absolute atomic E-state index is 5.84. The van der Waals surface area contributed by atoms with Gasteiger partial charge in [-0.05, 0) is 33.6 Å². The quantitative estimate of drug-likeness (QED) is 0.902. The number of rotatable bonds is 4. The Morgan fingerprint density at radius 1 is 1.28 bits per heavy atom. The van der Waals surface area contributed by atoms with Gasteiger partial charge >= 0.3 is 0 Å². The molecule has 0 fully saturated rings. The molecule has 0 amide bonds. The van der Waals surface area contributed by atoms with Gasteiger partial charge in [-0.15, -0.1) is 0 Å². The van der Waals surface area contributed by atoms with Gasteiger partial charge in [-0.2, -0.15) is 4.98 Å². The average molecular weight is 328 g/mol. The molecule has 0 aliphatic rings. The molecule has 0 aliphatic carbocycles. The van der Waals surface area contributed by atoms with Gasteiger partial charge in [0.05, 0.1) is 4.47 Å². The van der Waals surface area contributed by atoms with Crippen molar-refractivity contribution >= 4 is 39.3 Å². The minimum atomic E-state index is 0.580. The Morgan fingerprint density at radius 3 is 2.67 bits per heavy atom. The number of anilines is 2. The lowest BCUT2D eigenvalue weighted by atomic mass is 10.2. The standard InChI is InChI=1S/C12H12BrClN4/c1-15-12-17-7-10(13)11(18-12)16-6-8-2-4-9(14)5-3-8/h2-5,7H,6H2,1H3,(H2,15,16,17,18). The van der Waals surface area contributed by atoms with Crippen molar-refractivity contribution in [3.8, 4) is 0 Å². The first-order chi connectivity index (χ1) is 8.69. The maximum atomic E-state index is 5.84. The highest BCUT2D eigenvalue weighted by Crippen LogP contribution is 2.20. The lowest BCUT2D eigenvalue weighted by Crippen LogP contribution is -2.05. The molecular formula is C12H12BrClN4. The molecule has 0 spiro atoms. The Labute approximate surface area is 119 Å². The lowest BCUT2D eigenvalue weighted by Gasteiger charge is -2.09. The van der Waals surface area contributed by atoms with Gasteiger partial charge in [0, 0.05) is 24.8 Å². The van der Waals surface area contributed by atoms with E-state index in [-0.39, 0.29) is 0 Å². The third-order valence-corrected chi connectivity index (χ3v) is 3.17. The van der Waals surface area contributed by atoms with Gasteiger partial charge in [0.1, 0.15) is 5.82 Å². The van der Waals surface area contributed by atoms with E-state index < -0.39 is 0 Å². The largest absolute Gasteiger partial charge is 0.365 e. The average Bonchev–Trinajstić information content (AvgIpc) is 2.40. The van der Waals surface area contributed by atoms with E-state index in [2.05, 4.69) is 36.5 Å². The van der Waals surface area contributed by atoms with Crippen LogP contribution in [0.2, 0.25) is 5.02 Å². The van der Waals surface area contributed by atoms with Crippen molar-refractivity contribution in [3.63, 3.8) is 0 Å². The number of halogens is 2. The third-order valence-electron chi connectivity index (χ3n) is 2.34. The van der Waals surface area contributed by atoms with E-state index >= 15 is 0 Å². The molecule has 0 saturated heterocycles. The summed E-state index contributed by atoms with van der Waals surface area (Å²) in [5.41, 5.74) is 1.14. The van der Waals surface area contributed by atoms with E-state index in [1.807, 2.05) is 24.3 Å². The number of aromatic nitrogens is 2. The SMILES string of the molecule is CNc1ncc(Br)c(NCc2ccc(Cl)cc2)n1. The monoisotopic (exact) mass is 326 g/mol. The molecule has 4 nitrogen and oxygen atoms in total. The van der Waals surface area contributed by atoms with Crippen LogP contribution >= 0.6 is 27.5 Å². The molecule has 2 N–H and O–H groups in total. The van der Waals surface area contributed by atoms with Crippen molar-refractivity contribution in [3.05, 3.63) is 45.5 Å². The van der Waals surface area contributed by atoms with E-state index in [4.69, 9.17) is 11.6 Å². The van der Waals surface area contributed by atoms with E-state index in [9.17, 15) is 0 Å². The molecule has 2 rings (SSSR count). The second-order valence-corrected chi connectivity index (χ2v) is 4.91. The maximum Gasteiger partial charge on any atom is 0.224 e. The number of hydrogen-bond acceptors (Lipinski definition) is 4. The van der Waals surface area contributed by atoms with Crippen molar-refractivity contribution < 1.29 is 0 Å². The summed E-state index contributed by atoms with van der Waals surface area (Å²) >= 11 is 9.25. The highest BCUT2D eigenvalue weighted by atomic mass is 79.9. The molecule has 1 aromatic heterocycles. The van der Waals surface area contributed by atoms with Gasteiger partial charge in [-0.1, -0.05) is 23.7 Å². The van der Waals surface area contributed by atoms with Gasteiger partial charge in [0.25, 0.3) is 0 Å². The van der Waals surface area contributed by atoms with Gasteiger partial charge in [-0.3, -0.25) is 0 Å². The van der Waals surface area contributed by atoms with E-state index in [1.54, 1.807) is 13.2 Å². The van der Waals surface area contributed by atoms with Crippen LogP contribution in [0.4, 0.5) is 11.8 Å². The van der Waals surface area contributed by atoms with E-state index in [0.717, 1.165) is 20.9 Å². The van der Waals surface area contributed by atoms with Crippen LogP contribution in [0.15, 0.2) is 34.9 Å². The Hall–Kier alpha value is -1.33. The van der Waals surface area contributed by atoms with Crippen LogP contribution in [0.5, 0.6) is 0 Å². The normalized spacial score (nSPS) is 10.2. The summed E-state index contributed by atoms with van der Waals surface area (Å²) in [7, 11) is 1.78. The summed E-state index contributed by atoms with van der Waals surface area (Å²) in [5, 5.41) is 6.88. The number of nitrogens with one attached hydrogen (secondary N) is 2. The van der Waals surface area contributed by atoms with E-state index in [1.165, 1.54) is 0 Å². The first-order valence-corrected chi connectivity index (χ1v) is 6.55. The molecule has 1 aromatic carbocycles. The number of hydrogen-bond donors (Lipinski definition) is 2. The van der Waals surface area contributed by atoms with Crippen molar-refractivity contribution in [1.29, 1.82) is 0 Å². The molecule has 0 unspecified atom stereocenters. The number of benzene rings is 1. The summed E-state index contributed by atoms with van der Waals surface area (Å²) < 4.78 is 0.829. The van der Waals surface area contributed by atoms with Crippen LogP contribution in [-0.2, 0) is 6.54 Å². The first-order valence-electron chi connectivity index (χ1n) is 5.37. The fourth-order valence-electron chi connectivity index (χ4n) is 1.40. The van der Waals surface area contributed by atoms with Crippen LogP contribution in [0.1, 0.15) is 5.56 Å². The van der Waals surface area contributed by atoms with Crippen LogP contribution in [0.25, 0.3) is 0 Å². The summed E-state index contributed by atoms with van der Waals surface area (Å²) in [6.45, 7) is 0.677.